The van der Waals surface area contributed by atoms with Crippen molar-refractivity contribution >= 4 is 5.97 Å². The lowest BCUT2D eigenvalue weighted by atomic mass is 9.92. The summed E-state index contributed by atoms with van der Waals surface area (Å²) in [6.45, 7) is 8.10. The second-order valence-electron chi connectivity index (χ2n) is 5.48. The zero-order valence-electron chi connectivity index (χ0n) is 11.6. The van der Waals surface area contributed by atoms with Gasteiger partial charge >= 0.3 is 5.97 Å². The molecule has 0 atom stereocenters. The van der Waals surface area contributed by atoms with E-state index in [1.807, 2.05) is 0 Å². The molecule has 1 aromatic rings. The van der Waals surface area contributed by atoms with Crippen molar-refractivity contribution in [3.8, 4) is 0 Å². The van der Waals surface area contributed by atoms with Gasteiger partial charge < -0.3 is 10.1 Å². The molecule has 0 saturated carbocycles. The molecule has 1 aromatic heterocycles. The number of hydrogen-bond acceptors (Lipinski definition) is 4. The first-order valence-corrected chi connectivity index (χ1v) is 6.17. The van der Waals surface area contributed by atoms with Crippen molar-refractivity contribution in [3.63, 3.8) is 0 Å². The Morgan fingerprint density at radius 1 is 1.44 bits per heavy atom. The minimum absolute atomic E-state index is 0.308. The Kier molecular flexibility index (Phi) is 5.28. The highest BCUT2D eigenvalue weighted by molar-refractivity contribution is 5.90. The number of pyridine rings is 1. The lowest BCUT2D eigenvalue weighted by Gasteiger charge is -2.18. The van der Waals surface area contributed by atoms with Crippen LogP contribution in [0.2, 0.25) is 0 Å². The predicted molar refractivity (Wildman–Crippen MR) is 71.4 cm³/mol. The molecule has 1 N–H and O–H groups in total. The number of nitrogens with zero attached hydrogens (tertiary/aromatic N) is 1. The SMILES string of the molecule is COC(=O)c1cccnc1CNCCC(C)(C)C. The minimum Gasteiger partial charge on any atom is -0.465 e. The van der Waals surface area contributed by atoms with Gasteiger partial charge in [-0.1, -0.05) is 20.8 Å². The van der Waals surface area contributed by atoms with E-state index < -0.39 is 0 Å². The fourth-order valence-electron chi connectivity index (χ4n) is 1.54. The van der Waals surface area contributed by atoms with E-state index in [-0.39, 0.29) is 5.97 Å². The molecule has 0 amide bonds. The summed E-state index contributed by atoms with van der Waals surface area (Å²) in [7, 11) is 1.38. The second-order valence-corrected chi connectivity index (χ2v) is 5.48. The van der Waals surface area contributed by atoms with E-state index in [2.05, 4.69) is 31.1 Å². The van der Waals surface area contributed by atoms with Crippen LogP contribution >= 0.6 is 0 Å². The maximum absolute atomic E-state index is 11.5. The molecule has 0 aliphatic heterocycles. The Balaban J connectivity index is 2.54. The van der Waals surface area contributed by atoms with E-state index in [4.69, 9.17) is 4.74 Å². The normalized spacial score (nSPS) is 11.3. The molecule has 100 valence electrons. The number of aromatic nitrogens is 1. The zero-order valence-corrected chi connectivity index (χ0v) is 11.6. The average molecular weight is 250 g/mol. The molecule has 1 heterocycles. The van der Waals surface area contributed by atoms with Gasteiger partial charge in [0.05, 0.1) is 18.4 Å². The molecular formula is C14H22N2O2. The average Bonchev–Trinajstić information content (AvgIpc) is 2.33. The lowest BCUT2D eigenvalue weighted by Crippen LogP contribution is -2.22. The van der Waals surface area contributed by atoms with Gasteiger partial charge in [0.2, 0.25) is 0 Å². The summed E-state index contributed by atoms with van der Waals surface area (Å²) in [5.74, 6) is -0.337. The number of nitrogens with one attached hydrogen (secondary N) is 1. The first-order valence-electron chi connectivity index (χ1n) is 6.17. The Morgan fingerprint density at radius 2 is 2.17 bits per heavy atom. The number of ether oxygens (including phenoxy) is 1. The predicted octanol–water partition coefficient (Wildman–Crippen LogP) is 2.39. The molecule has 0 saturated heterocycles. The molecule has 0 bridgehead atoms. The van der Waals surface area contributed by atoms with Crippen LogP contribution in [0.3, 0.4) is 0 Å². The van der Waals surface area contributed by atoms with Crippen LogP contribution in [0.25, 0.3) is 0 Å². The van der Waals surface area contributed by atoms with Crippen LogP contribution in [-0.2, 0) is 11.3 Å². The van der Waals surface area contributed by atoms with Gasteiger partial charge in [0, 0.05) is 12.7 Å². The van der Waals surface area contributed by atoms with Crippen LogP contribution in [0, 0.1) is 5.41 Å². The Labute approximate surface area is 109 Å². The first kappa shape index (κ1) is 14.6. The molecule has 0 fully saturated rings. The Hall–Kier alpha value is -1.42. The number of carbonyl (C=O) groups is 1. The molecule has 0 aliphatic rings. The molecule has 0 unspecified atom stereocenters. The highest BCUT2D eigenvalue weighted by atomic mass is 16.5. The molecule has 0 aliphatic carbocycles. The molecule has 0 radical (unpaired) electrons. The standard InChI is InChI=1S/C14H22N2O2/c1-14(2,3)7-9-15-10-12-11(13(17)18-4)6-5-8-16-12/h5-6,8,15H,7,9-10H2,1-4H3. The van der Waals surface area contributed by atoms with Gasteiger partial charge in [0.25, 0.3) is 0 Å². The highest BCUT2D eigenvalue weighted by Gasteiger charge is 2.13. The third-order valence-corrected chi connectivity index (χ3v) is 2.64. The van der Waals surface area contributed by atoms with Gasteiger partial charge in [0.15, 0.2) is 0 Å². The summed E-state index contributed by atoms with van der Waals surface area (Å²) in [4.78, 5) is 15.8. The first-order chi connectivity index (χ1) is 8.44. The van der Waals surface area contributed by atoms with Crippen LogP contribution in [0.1, 0.15) is 43.2 Å². The van der Waals surface area contributed by atoms with Crippen molar-refractivity contribution in [2.45, 2.75) is 33.7 Å². The largest absolute Gasteiger partial charge is 0.465 e. The third-order valence-electron chi connectivity index (χ3n) is 2.64. The van der Waals surface area contributed by atoms with Crippen molar-refractivity contribution in [2.75, 3.05) is 13.7 Å². The van der Waals surface area contributed by atoms with Crippen LogP contribution in [0.5, 0.6) is 0 Å². The molecule has 0 spiro atoms. The Morgan fingerprint density at radius 3 is 2.78 bits per heavy atom. The number of methoxy groups -OCH3 is 1. The summed E-state index contributed by atoms with van der Waals surface area (Å²) >= 11 is 0. The molecule has 4 nitrogen and oxygen atoms in total. The van der Waals surface area contributed by atoms with Crippen LogP contribution < -0.4 is 5.32 Å². The number of rotatable bonds is 5. The number of esters is 1. The van der Waals surface area contributed by atoms with Gasteiger partial charge in [-0.15, -0.1) is 0 Å². The summed E-state index contributed by atoms with van der Waals surface area (Å²) in [6.07, 6.45) is 2.76. The van der Waals surface area contributed by atoms with E-state index in [9.17, 15) is 4.79 Å². The van der Waals surface area contributed by atoms with E-state index in [0.29, 0.717) is 17.5 Å². The van der Waals surface area contributed by atoms with Crippen LogP contribution in [0.15, 0.2) is 18.3 Å². The van der Waals surface area contributed by atoms with Gasteiger partial charge in [-0.2, -0.15) is 0 Å². The molecule has 0 aromatic carbocycles. The number of hydrogen-bond donors (Lipinski definition) is 1. The number of carbonyl (C=O) groups excluding carboxylic acids is 1. The maximum atomic E-state index is 11.5. The Bertz CT molecular complexity index is 397. The van der Waals surface area contributed by atoms with E-state index in [1.54, 1.807) is 18.3 Å². The maximum Gasteiger partial charge on any atom is 0.339 e. The second kappa shape index (κ2) is 6.50. The van der Waals surface area contributed by atoms with Crippen molar-refractivity contribution in [2.24, 2.45) is 5.41 Å². The topological polar surface area (TPSA) is 51.2 Å². The van der Waals surface area contributed by atoms with Gasteiger partial charge in [-0.25, -0.2) is 4.79 Å². The fraction of sp³-hybridized carbons (Fsp3) is 0.571. The zero-order chi connectivity index (χ0) is 13.6. The molecule has 1 rings (SSSR count). The third kappa shape index (κ3) is 4.84. The fourth-order valence-corrected chi connectivity index (χ4v) is 1.54. The van der Waals surface area contributed by atoms with Gasteiger partial charge in [-0.3, -0.25) is 4.98 Å². The van der Waals surface area contributed by atoms with Crippen LogP contribution in [0.4, 0.5) is 0 Å². The van der Waals surface area contributed by atoms with Crippen molar-refractivity contribution in [1.82, 2.24) is 10.3 Å². The van der Waals surface area contributed by atoms with Crippen molar-refractivity contribution in [1.29, 1.82) is 0 Å². The van der Waals surface area contributed by atoms with Gasteiger partial charge in [-0.05, 0) is 30.5 Å². The molecule has 4 heteroatoms. The van der Waals surface area contributed by atoms with Gasteiger partial charge in [0.1, 0.15) is 0 Å². The highest BCUT2D eigenvalue weighted by Crippen LogP contribution is 2.17. The van der Waals surface area contributed by atoms with Crippen molar-refractivity contribution < 1.29 is 9.53 Å². The van der Waals surface area contributed by atoms with E-state index in [1.165, 1.54) is 7.11 Å². The summed E-state index contributed by atoms with van der Waals surface area (Å²) < 4.78 is 4.73. The summed E-state index contributed by atoms with van der Waals surface area (Å²) in [5.41, 5.74) is 1.57. The van der Waals surface area contributed by atoms with E-state index >= 15 is 0 Å². The summed E-state index contributed by atoms with van der Waals surface area (Å²) in [6, 6.07) is 3.48. The summed E-state index contributed by atoms with van der Waals surface area (Å²) in [5, 5.41) is 3.31. The van der Waals surface area contributed by atoms with Crippen molar-refractivity contribution in [3.05, 3.63) is 29.6 Å². The van der Waals surface area contributed by atoms with Crippen LogP contribution in [-0.4, -0.2) is 24.6 Å². The molecule has 18 heavy (non-hydrogen) atoms. The lowest BCUT2D eigenvalue weighted by molar-refractivity contribution is 0.0598. The van der Waals surface area contributed by atoms with E-state index in [0.717, 1.165) is 18.7 Å². The quantitative estimate of drug-likeness (QED) is 0.644. The smallest absolute Gasteiger partial charge is 0.339 e. The monoisotopic (exact) mass is 250 g/mol. The minimum atomic E-state index is -0.337. The molecular weight excluding hydrogens is 228 g/mol.